The number of anilines is 2. The van der Waals surface area contributed by atoms with Gasteiger partial charge in [-0.3, -0.25) is 15.1 Å². The maximum atomic E-state index is 13.6. The number of halogens is 3. The highest BCUT2D eigenvalue weighted by molar-refractivity contribution is 5.99. The van der Waals surface area contributed by atoms with Crippen LogP contribution in [0.4, 0.5) is 24.7 Å². The summed E-state index contributed by atoms with van der Waals surface area (Å²) in [6, 6.07) is 6.10. The lowest BCUT2D eigenvalue weighted by Gasteiger charge is -2.39. The summed E-state index contributed by atoms with van der Waals surface area (Å²) < 4.78 is 42.2. The van der Waals surface area contributed by atoms with Gasteiger partial charge in [0.2, 0.25) is 0 Å². The second-order valence-corrected chi connectivity index (χ2v) is 8.07. The molecule has 0 amide bonds. The van der Waals surface area contributed by atoms with Crippen LogP contribution in [0.15, 0.2) is 41.3 Å². The summed E-state index contributed by atoms with van der Waals surface area (Å²) in [4.78, 5) is 16.5. The van der Waals surface area contributed by atoms with E-state index in [1.165, 1.54) is 27.9 Å². The number of alkyl halides is 3. The van der Waals surface area contributed by atoms with Crippen LogP contribution in [-0.4, -0.2) is 44.8 Å². The first-order valence-corrected chi connectivity index (χ1v) is 10.2. The fourth-order valence-electron chi connectivity index (χ4n) is 3.97. The Morgan fingerprint density at radius 3 is 2.48 bits per heavy atom. The summed E-state index contributed by atoms with van der Waals surface area (Å²) in [5.41, 5.74) is 0.874. The van der Waals surface area contributed by atoms with E-state index in [-0.39, 0.29) is 22.9 Å². The van der Waals surface area contributed by atoms with Gasteiger partial charge in [-0.05, 0) is 43.0 Å². The zero-order valence-corrected chi connectivity index (χ0v) is 16.5. The van der Waals surface area contributed by atoms with E-state index in [0.29, 0.717) is 35.5 Å². The van der Waals surface area contributed by atoms with Crippen molar-refractivity contribution >= 4 is 28.2 Å². The molecular weight excluding hydrogens is 409 g/mol. The van der Waals surface area contributed by atoms with Crippen molar-refractivity contribution in [2.24, 2.45) is 5.92 Å². The maximum Gasteiger partial charge on any atom is 0.408 e. The SMILES string of the molecule is N=C(C1CC1)n1nc(Nc2ccc(C(N3CCC3)C(F)(F)F)cc2)c2c(=O)[nH]ccc21. The molecule has 2 aromatic heterocycles. The fourth-order valence-corrected chi connectivity index (χ4v) is 3.97. The van der Waals surface area contributed by atoms with Crippen LogP contribution in [0.2, 0.25) is 0 Å². The van der Waals surface area contributed by atoms with Crippen molar-refractivity contribution in [3.63, 3.8) is 0 Å². The number of aromatic amines is 1. The highest BCUT2D eigenvalue weighted by Gasteiger charge is 2.46. The molecule has 31 heavy (non-hydrogen) atoms. The lowest BCUT2D eigenvalue weighted by Crippen LogP contribution is -2.46. The number of fused-ring (bicyclic) bond motifs is 1. The van der Waals surface area contributed by atoms with Crippen molar-refractivity contribution in [1.82, 2.24) is 19.7 Å². The van der Waals surface area contributed by atoms with Gasteiger partial charge in [0, 0.05) is 30.9 Å². The van der Waals surface area contributed by atoms with Crippen LogP contribution in [0.25, 0.3) is 10.9 Å². The number of H-pyrrole nitrogens is 1. The van der Waals surface area contributed by atoms with Crippen molar-refractivity contribution in [2.45, 2.75) is 31.5 Å². The van der Waals surface area contributed by atoms with Gasteiger partial charge in [-0.15, -0.1) is 5.10 Å². The Morgan fingerprint density at radius 1 is 1.19 bits per heavy atom. The Balaban J connectivity index is 1.46. The van der Waals surface area contributed by atoms with Crippen LogP contribution in [0.3, 0.4) is 0 Å². The minimum Gasteiger partial charge on any atom is -0.338 e. The third-order valence-corrected chi connectivity index (χ3v) is 5.85. The van der Waals surface area contributed by atoms with Gasteiger partial charge in [-0.1, -0.05) is 12.1 Å². The van der Waals surface area contributed by atoms with Gasteiger partial charge >= 0.3 is 6.18 Å². The molecule has 162 valence electrons. The zero-order valence-electron chi connectivity index (χ0n) is 16.5. The molecule has 3 aromatic rings. The average molecular weight is 430 g/mol. The first kappa shape index (κ1) is 19.8. The van der Waals surface area contributed by atoms with Crippen LogP contribution >= 0.6 is 0 Å². The van der Waals surface area contributed by atoms with Gasteiger partial charge in [0.25, 0.3) is 5.56 Å². The topological polar surface area (TPSA) is 89.8 Å². The Hall–Kier alpha value is -3.14. The molecule has 10 heteroatoms. The molecule has 1 saturated heterocycles. The predicted octanol–water partition coefficient (Wildman–Crippen LogP) is 4.01. The molecule has 0 spiro atoms. The van der Waals surface area contributed by atoms with Crippen LogP contribution in [0, 0.1) is 11.3 Å². The number of likely N-dealkylation sites (tertiary alicyclic amines) is 1. The second-order valence-electron chi connectivity index (χ2n) is 8.07. The lowest BCUT2D eigenvalue weighted by molar-refractivity contribution is -0.195. The Bertz CT molecular complexity index is 1190. The number of hydrogen-bond donors (Lipinski definition) is 3. The second kappa shape index (κ2) is 7.23. The summed E-state index contributed by atoms with van der Waals surface area (Å²) in [5, 5.41) is 16.1. The van der Waals surface area contributed by atoms with Gasteiger partial charge in [-0.25, -0.2) is 4.68 Å². The monoisotopic (exact) mass is 430 g/mol. The van der Waals surface area contributed by atoms with Gasteiger partial charge in [0.05, 0.1) is 5.52 Å². The number of benzene rings is 1. The van der Waals surface area contributed by atoms with Crippen molar-refractivity contribution in [2.75, 3.05) is 18.4 Å². The molecule has 3 N–H and O–H groups in total. The van der Waals surface area contributed by atoms with E-state index in [2.05, 4.69) is 15.4 Å². The third-order valence-electron chi connectivity index (χ3n) is 5.85. The zero-order chi connectivity index (χ0) is 21.8. The summed E-state index contributed by atoms with van der Waals surface area (Å²) in [5.74, 6) is 0.738. The molecule has 1 saturated carbocycles. The Labute approximate surface area is 175 Å². The van der Waals surface area contributed by atoms with Crippen LogP contribution in [0.1, 0.15) is 30.9 Å². The van der Waals surface area contributed by atoms with Crippen molar-refractivity contribution in [1.29, 1.82) is 5.41 Å². The van der Waals surface area contributed by atoms with E-state index in [4.69, 9.17) is 5.41 Å². The third kappa shape index (κ3) is 3.60. The first-order chi connectivity index (χ1) is 14.8. The highest BCUT2D eigenvalue weighted by Crippen LogP contribution is 2.40. The number of aromatic nitrogens is 3. The van der Waals surface area contributed by atoms with E-state index < -0.39 is 12.2 Å². The van der Waals surface area contributed by atoms with Crippen molar-refractivity contribution in [3.05, 3.63) is 52.4 Å². The first-order valence-electron chi connectivity index (χ1n) is 10.2. The molecule has 2 aliphatic rings. The number of nitrogens with zero attached hydrogens (tertiary/aromatic N) is 3. The van der Waals surface area contributed by atoms with Gasteiger partial charge in [0.15, 0.2) is 5.82 Å². The molecule has 2 fully saturated rings. The van der Waals surface area contributed by atoms with Crippen LogP contribution in [0.5, 0.6) is 0 Å². The lowest BCUT2D eigenvalue weighted by atomic mass is 10.0. The quantitative estimate of drug-likeness (QED) is 0.421. The van der Waals surface area contributed by atoms with E-state index >= 15 is 0 Å². The summed E-state index contributed by atoms with van der Waals surface area (Å²) in [6.07, 6.45) is -0.224. The molecule has 7 nitrogen and oxygen atoms in total. The Kier molecular flexibility index (Phi) is 4.62. The van der Waals surface area contributed by atoms with Crippen LogP contribution in [-0.2, 0) is 0 Å². The number of rotatable bonds is 5. The molecule has 1 unspecified atom stereocenters. The number of hydrogen-bond acceptors (Lipinski definition) is 5. The van der Waals surface area contributed by atoms with E-state index in [9.17, 15) is 18.0 Å². The maximum absolute atomic E-state index is 13.6. The summed E-state index contributed by atoms with van der Waals surface area (Å²) in [6.45, 7) is 0.868. The minimum atomic E-state index is -4.35. The van der Waals surface area contributed by atoms with Gasteiger partial charge in [-0.2, -0.15) is 13.2 Å². The molecule has 5 rings (SSSR count). The largest absolute Gasteiger partial charge is 0.408 e. The molecule has 0 bridgehead atoms. The molecule has 1 aliphatic carbocycles. The predicted molar refractivity (Wildman–Crippen MR) is 111 cm³/mol. The van der Waals surface area contributed by atoms with E-state index in [0.717, 1.165) is 19.3 Å². The van der Waals surface area contributed by atoms with E-state index in [1.54, 1.807) is 18.2 Å². The minimum absolute atomic E-state index is 0.135. The van der Waals surface area contributed by atoms with Gasteiger partial charge < -0.3 is 10.3 Å². The van der Waals surface area contributed by atoms with Crippen LogP contribution < -0.4 is 10.9 Å². The molecule has 3 heterocycles. The molecule has 1 aromatic carbocycles. The normalized spacial score (nSPS) is 18.0. The fraction of sp³-hybridized carbons (Fsp3) is 0.381. The summed E-state index contributed by atoms with van der Waals surface area (Å²) >= 11 is 0. The molecule has 0 radical (unpaired) electrons. The number of nitrogens with one attached hydrogen (secondary N) is 3. The highest BCUT2D eigenvalue weighted by atomic mass is 19.4. The van der Waals surface area contributed by atoms with Crippen molar-refractivity contribution in [3.8, 4) is 0 Å². The standard InChI is InChI=1S/C21H21F3N6O/c22-21(23,24)17(29-10-1-11-29)12-4-6-14(7-5-12)27-19-16-15(8-9-26-20(16)31)30(28-19)18(25)13-2-3-13/h4-9,13,17,25H,1-3,10-11H2,(H,26,31)(H,27,28). The van der Waals surface area contributed by atoms with Gasteiger partial charge in [0.1, 0.15) is 17.3 Å². The summed E-state index contributed by atoms with van der Waals surface area (Å²) in [7, 11) is 0. The number of pyridine rings is 1. The Morgan fingerprint density at radius 2 is 1.90 bits per heavy atom. The molecule has 1 aliphatic heterocycles. The smallest absolute Gasteiger partial charge is 0.338 e. The average Bonchev–Trinajstić information content (AvgIpc) is 3.47. The molecular formula is C21H21F3N6O. The van der Waals surface area contributed by atoms with Crippen molar-refractivity contribution < 1.29 is 13.2 Å². The van der Waals surface area contributed by atoms with E-state index in [1.807, 2.05) is 0 Å². The molecule has 1 atom stereocenters.